The van der Waals surface area contributed by atoms with Crippen molar-refractivity contribution in [1.82, 2.24) is 9.47 Å². The molecule has 8 heteroatoms. The lowest BCUT2D eigenvalue weighted by atomic mass is 9.84. The van der Waals surface area contributed by atoms with Gasteiger partial charge in [0.15, 0.2) is 11.6 Å². The number of nitrogens with zero attached hydrogens (tertiary/aromatic N) is 3. The first kappa shape index (κ1) is 21.6. The van der Waals surface area contributed by atoms with Crippen molar-refractivity contribution in [2.75, 3.05) is 39.2 Å². The molecule has 4 rings (SSSR count). The third-order valence-corrected chi connectivity index (χ3v) is 6.67. The van der Waals surface area contributed by atoms with Crippen LogP contribution in [0, 0.1) is 17.7 Å². The zero-order valence-corrected chi connectivity index (χ0v) is 18.7. The highest BCUT2D eigenvalue weighted by Gasteiger charge is 2.37. The van der Waals surface area contributed by atoms with Gasteiger partial charge in [-0.1, -0.05) is 13.8 Å². The zero-order chi connectivity index (χ0) is 22.6. The SMILES string of the molecule is COc1c(N2CC(C)C(N(C)C)C(C)C2)c(F)cc2c(=O)c(C(=O)O)cn(C3CC3)c12. The number of piperidine rings is 1. The Morgan fingerprint density at radius 2 is 1.84 bits per heavy atom. The molecular formula is C23H30FN3O4. The molecule has 2 aromatic rings. The van der Waals surface area contributed by atoms with Crippen molar-refractivity contribution in [3.05, 3.63) is 33.9 Å². The van der Waals surface area contributed by atoms with Gasteiger partial charge in [-0.05, 0) is 44.8 Å². The number of anilines is 1. The molecule has 0 amide bonds. The second-order valence-electron chi connectivity index (χ2n) is 9.27. The van der Waals surface area contributed by atoms with Crippen LogP contribution >= 0.6 is 0 Å². The Labute approximate surface area is 181 Å². The van der Waals surface area contributed by atoms with Gasteiger partial charge in [0.1, 0.15) is 11.3 Å². The summed E-state index contributed by atoms with van der Waals surface area (Å²) < 4.78 is 23.0. The highest BCUT2D eigenvalue weighted by Crippen LogP contribution is 2.44. The number of methoxy groups -OCH3 is 1. The van der Waals surface area contributed by atoms with E-state index in [4.69, 9.17) is 4.74 Å². The standard InChI is InChI=1S/C23H30FN3O4/c1-12-9-26(10-13(2)18(12)25(3)4)20-17(24)8-15-19(22(20)31-5)27(14-6-7-14)11-16(21(15)28)23(29)30/h8,11-14,18H,6-7,9-10H2,1-5H3,(H,29,30). The molecule has 0 bridgehead atoms. The summed E-state index contributed by atoms with van der Waals surface area (Å²) in [4.78, 5) is 28.7. The number of hydrogen-bond donors (Lipinski definition) is 1. The van der Waals surface area contributed by atoms with Gasteiger partial charge in [0.2, 0.25) is 5.43 Å². The van der Waals surface area contributed by atoms with E-state index >= 15 is 4.39 Å². The minimum Gasteiger partial charge on any atom is -0.492 e. The minimum atomic E-state index is -1.31. The molecular weight excluding hydrogens is 401 g/mol. The van der Waals surface area contributed by atoms with Crippen LogP contribution in [0.3, 0.4) is 0 Å². The van der Waals surface area contributed by atoms with Crippen LogP contribution < -0.4 is 15.1 Å². The Bertz CT molecular complexity index is 1080. The smallest absolute Gasteiger partial charge is 0.341 e. The van der Waals surface area contributed by atoms with E-state index in [9.17, 15) is 14.7 Å². The summed E-state index contributed by atoms with van der Waals surface area (Å²) >= 11 is 0. The van der Waals surface area contributed by atoms with Crippen LogP contribution in [0.1, 0.15) is 43.1 Å². The Morgan fingerprint density at radius 3 is 2.32 bits per heavy atom. The molecule has 1 N–H and O–H groups in total. The van der Waals surface area contributed by atoms with Gasteiger partial charge in [-0.15, -0.1) is 0 Å². The normalized spacial score (nSPS) is 24.1. The van der Waals surface area contributed by atoms with Gasteiger partial charge in [-0.2, -0.15) is 0 Å². The van der Waals surface area contributed by atoms with Crippen molar-refractivity contribution in [3.8, 4) is 5.75 Å². The van der Waals surface area contributed by atoms with E-state index in [1.807, 2.05) is 4.90 Å². The number of hydrogen-bond acceptors (Lipinski definition) is 5. The average Bonchev–Trinajstić information content (AvgIpc) is 3.51. The fraction of sp³-hybridized carbons (Fsp3) is 0.565. The Balaban J connectivity index is 1.93. The molecule has 168 valence electrons. The van der Waals surface area contributed by atoms with Crippen LogP contribution in [0.2, 0.25) is 0 Å². The maximum atomic E-state index is 15.5. The summed E-state index contributed by atoms with van der Waals surface area (Å²) in [6.07, 6.45) is 3.16. The van der Waals surface area contributed by atoms with Gasteiger partial charge < -0.3 is 24.2 Å². The number of benzene rings is 1. The molecule has 1 saturated heterocycles. The van der Waals surface area contributed by atoms with E-state index in [1.165, 1.54) is 19.4 Å². The third-order valence-electron chi connectivity index (χ3n) is 6.67. The fourth-order valence-corrected chi connectivity index (χ4v) is 5.47. The number of ether oxygens (including phenoxy) is 1. The zero-order valence-electron chi connectivity index (χ0n) is 18.7. The van der Waals surface area contributed by atoms with Crippen molar-refractivity contribution >= 4 is 22.6 Å². The molecule has 31 heavy (non-hydrogen) atoms. The molecule has 7 nitrogen and oxygen atoms in total. The first-order valence-electron chi connectivity index (χ1n) is 10.8. The molecule has 1 aromatic carbocycles. The van der Waals surface area contributed by atoms with Gasteiger partial charge in [0.05, 0.1) is 18.0 Å². The third kappa shape index (κ3) is 3.56. The van der Waals surface area contributed by atoms with E-state index in [2.05, 4.69) is 32.8 Å². The first-order valence-corrected chi connectivity index (χ1v) is 10.8. The highest BCUT2D eigenvalue weighted by molar-refractivity contribution is 5.97. The Hall–Kier alpha value is -2.61. The number of carboxylic acids is 1. The molecule has 2 atom stereocenters. The molecule has 1 aliphatic carbocycles. The predicted molar refractivity (Wildman–Crippen MR) is 118 cm³/mol. The van der Waals surface area contributed by atoms with Gasteiger partial charge in [-0.3, -0.25) is 4.79 Å². The highest BCUT2D eigenvalue weighted by atomic mass is 19.1. The van der Waals surface area contributed by atoms with E-state index in [-0.39, 0.29) is 17.0 Å². The van der Waals surface area contributed by atoms with E-state index in [0.29, 0.717) is 47.9 Å². The molecule has 2 fully saturated rings. The van der Waals surface area contributed by atoms with E-state index < -0.39 is 17.2 Å². The van der Waals surface area contributed by atoms with Gasteiger partial charge >= 0.3 is 5.97 Å². The molecule has 1 aromatic heterocycles. The molecule has 2 unspecified atom stereocenters. The van der Waals surface area contributed by atoms with Gasteiger partial charge in [-0.25, -0.2) is 9.18 Å². The monoisotopic (exact) mass is 431 g/mol. The molecule has 0 spiro atoms. The van der Waals surface area contributed by atoms with Crippen molar-refractivity contribution in [2.24, 2.45) is 11.8 Å². The van der Waals surface area contributed by atoms with Crippen LogP contribution in [-0.2, 0) is 0 Å². The number of fused-ring (bicyclic) bond motifs is 1. The van der Waals surface area contributed by atoms with Crippen molar-refractivity contribution in [1.29, 1.82) is 0 Å². The number of halogens is 1. The van der Waals surface area contributed by atoms with Crippen molar-refractivity contribution in [2.45, 2.75) is 38.8 Å². The summed E-state index contributed by atoms with van der Waals surface area (Å²) in [6.45, 7) is 5.65. The molecule has 0 radical (unpaired) electrons. The molecule has 1 saturated carbocycles. The van der Waals surface area contributed by atoms with Crippen LogP contribution in [-0.4, -0.2) is 60.9 Å². The first-order chi connectivity index (χ1) is 14.6. The van der Waals surface area contributed by atoms with Gasteiger partial charge in [0, 0.05) is 31.4 Å². The summed E-state index contributed by atoms with van der Waals surface area (Å²) in [5.41, 5.74) is -0.201. The van der Waals surface area contributed by atoms with Crippen LogP contribution in [0.5, 0.6) is 5.75 Å². The number of rotatable bonds is 5. The second-order valence-corrected chi connectivity index (χ2v) is 9.27. The lowest BCUT2D eigenvalue weighted by Gasteiger charge is -2.45. The minimum absolute atomic E-state index is 0.0502. The van der Waals surface area contributed by atoms with Crippen molar-refractivity contribution in [3.63, 3.8) is 0 Å². The number of carboxylic acid groups (broad SMARTS) is 1. The summed E-state index contributed by atoms with van der Waals surface area (Å²) in [7, 11) is 5.61. The Kier molecular flexibility index (Phi) is 5.45. The lowest BCUT2D eigenvalue weighted by Crippen LogP contribution is -2.53. The van der Waals surface area contributed by atoms with Crippen molar-refractivity contribution < 1.29 is 19.0 Å². The van der Waals surface area contributed by atoms with E-state index in [1.54, 1.807) is 4.57 Å². The van der Waals surface area contributed by atoms with Crippen LogP contribution in [0.15, 0.2) is 17.1 Å². The number of carbonyl (C=O) groups is 1. The van der Waals surface area contributed by atoms with Crippen LogP contribution in [0.25, 0.3) is 10.9 Å². The van der Waals surface area contributed by atoms with E-state index in [0.717, 1.165) is 12.8 Å². The quantitative estimate of drug-likeness (QED) is 0.784. The summed E-state index contributed by atoms with van der Waals surface area (Å²) in [6, 6.07) is 1.66. The maximum Gasteiger partial charge on any atom is 0.341 e. The maximum absolute atomic E-state index is 15.5. The molecule has 2 aliphatic rings. The second kappa shape index (κ2) is 7.82. The summed E-state index contributed by atoms with van der Waals surface area (Å²) in [5, 5.41) is 9.53. The largest absolute Gasteiger partial charge is 0.492 e. The lowest BCUT2D eigenvalue weighted by molar-refractivity contribution is 0.0694. The molecule has 1 aliphatic heterocycles. The average molecular weight is 432 g/mol. The topological polar surface area (TPSA) is 75.0 Å². The Morgan fingerprint density at radius 1 is 1.23 bits per heavy atom. The van der Waals surface area contributed by atoms with Crippen LogP contribution in [0.4, 0.5) is 10.1 Å². The summed E-state index contributed by atoms with van der Waals surface area (Å²) in [5.74, 6) is -0.956. The molecule has 2 heterocycles. The number of aromatic carboxylic acids is 1. The fourth-order valence-electron chi connectivity index (χ4n) is 5.47. The number of pyridine rings is 1. The van der Waals surface area contributed by atoms with Gasteiger partial charge in [0.25, 0.3) is 0 Å². The number of aromatic nitrogens is 1. The predicted octanol–water partition coefficient (Wildman–Crippen LogP) is 3.20.